The summed E-state index contributed by atoms with van der Waals surface area (Å²) in [4.78, 5) is 50.1. The number of anilines is 1. The minimum atomic E-state index is -0.668. The van der Waals surface area contributed by atoms with E-state index in [0.717, 1.165) is 4.90 Å². The van der Waals surface area contributed by atoms with Crippen molar-refractivity contribution >= 4 is 47.2 Å². The van der Waals surface area contributed by atoms with Crippen molar-refractivity contribution in [2.75, 3.05) is 25.6 Å². The highest BCUT2D eigenvalue weighted by Crippen LogP contribution is 2.30. The van der Waals surface area contributed by atoms with Gasteiger partial charge in [-0.3, -0.25) is 14.5 Å². The van der Waals surface area contributed by atoms with Gasteiger partial charge in [0.25, 0.3) is 11.8 Å². The van der Waals surface area contributed by atoms with E-state index in [4.69, 9.17) is 25.5 Å². The molecule has 1 fully saturated rings. The lowest BCUT2D eigenvalue weighted by molar-refractivity contribution is -0.123. The zero-order valence-electron chi connectivity index (χ0n) is 21.0. The number of rotatable bonds is 10. The quantitative estimate of drug-likeness (QED) is 0.216. The summed E-state index contributed by atoms with van der Waals surface area (Å²) in [6, 6.07) is 13.8. The number of imide groups is 1. The highest BCUT2D eigenvalue weighted by Gasteiger charge is 2.34. The Balaban J connectivity index is 1.42. The number of halogens is 1. The maximum absolute atomic E-state index is 12.9. The maximum Gasteiger partial charge on any atom is 0.373 e. The fraction of sp³-hybridized carbons (Fsp3) is 0.185. The number of hydrogen-bond donors (Lipinski definition) is 2. The van der Waals surface area contributed by atoms with Crippen molar-refractivity contribution in [1.29, 1.82) is 0 Å². The third kappa shape index (κ3) is 6.76. The molecule has 2 heterocycles. The van der Waals surface area contributed by atoms with Crippen molar-refractivity contribution in [3.8, 4) is 11.5 Å². The monoisotopic (exact) mass is 553 g/mol. The molecule has 1 aromatic heterocycles. The number of carbonyl (C=O) groups excluding carboxylic acids is 4. The molecule has 0 saturated carbocycles. The number of hydrogen-bond acceptors (Lipinski definition) is 8. The second-order valence-electron chi connectivity index (χ2n) is 8.12. The maximum atomic E-state index is 12.9. The van der Waals surface area contributed by atoms with Gasteiger partial charge in [-0.05, 0) is 67.1 Å². The van der Waals surface area contributed by atoms with E-state index in [2.05, 4.69) is 15.4 Å². The van der Waals surface area contributed by atoms with Crippen LogP contribution in [0.3, 0.4) is 0 Å². The Bertz CT molecular complexity index is 1430. The minimum Gasteiger partial charge on any atom is -0.490 e. The Labute approximate surface area is 228 Å². The van der Waals surface area contributed by atoms with Crippen molar-refractivity contribution in [2.24, 2.45) is 0 Å². The van der Waals surface area contributed by atoms with Crippen LogP contribution in [0.5, 0.6) is 11.5 Å². The van der Waals surface area contributed by atoms with E-state index in [1.165, 1.54) is 25.3 Å². The number of esters is 1. The van der Waals surface area contributed by atoms with Gasteiger partial charge in [-0.15, -0.1) is 0 Å². The molecule has 0 unspecified atom stereocenters. The van der Waals surface area contributed by atoms with Gasteiger partial charge in [0, 0.05) is 10.7 Å². The van der Waals surface area contributed by atoms with E-state index < -0.39 is 17.9 Å². The van der Waals surface area contributed by atoms with Crippen LogP contribution in [0.25, 0.3) is 6.08 Å². The third-order valence-electron chi connectivity index (χ3n) is 5.39. The first-order valence-electron chi connectivity index (χ1n) is 11.7. The average molecular weight is 554 g/mol. The van der Waals surface area contributed by atoms with E-state index in [1.807, 2.05) is 0 Å². The van der Waals surface area contributed by atoms with Gasteiger partial charge in [-0.2, -0.15) is 0 Å². The van der Waals surface area contributed by atoms with Crippen molar-refractivity contribution < 1.29 is 37.8 Å². The molecule has 12 heteroatoms. The van der Waals surface area contributed by atoms with Crippen LogP contribution in [0.15, 0.2) is 64.7 Å². The lowest BCUT2D eigenvalue weighted by atomic mass is 10.1. The van der Waals surface area contributed by atoms with Gasteiger partial charge in [0.05, 0.1) is 20.3 Å². The topological polar surface area (TPSA) is 136 Å². The van der Waals surface area contributed by atoms with E-state index in [9.17, 15) is 19.2 Å². The van der Waals surface area contributed by atoms with E-state index >= 15 is 0 Å². The average Bonchev–Trinajstić information content (AvgIpc) is 3.49. The Kier molecular flexibility index (Phi) is 8.52. The summed E-state index contributed by atoms with van der Waals surface area (Å²) in [6.07, 6.45) is 1.49. The van der Waals surface area contributed by atoms with Crippen LogP contribution in [0.1, 0.15) is 28.8 Å². The van der Waals surface area contributed by atoms with Gasteiger partial charge < -0.3 is 29.3 Å². The zero-order valence-corrected chi connectivity index (χ0v) is 21.7. The normalized spacial score (nSPS) is 13.8. The fourth-order valence-electron chi connectivity index (χ4n) is 3.59. The van der Waals surface area contributed by atoms with Crippen LogP contribution in [0.4, 0.5) is 10.5 Å². The van der Waals surface area contributed by atoms with Crippen molar-refractivity contribution in [1.82, 2.24) is 10.2 Å². The van der Waals surface area contributed by atoms with Crippen molar-refractivity contribution in [3.05, 3.63) is 82.4 Å². The molecular weight excluding hydrogens is 530 g/mol. The first kappa shape index (κ1) is 27.3. The van der Waals surface area contributed by atoms with E-state index in [-0.39, 0.29) is 36.3 Å². The zero-order chi connectivity index (χ0) is 27.9. The molecule has 2 aromatic carbocycles. The molecule has 0 spiro atoms. The predicted octanol–water partition coefficient (Wildman–Crippen LogP) is 4.23. The van der Waals surface area contributed by atoms with Gasteiger partial charge in [0.15, 0.2) is 18.1 Å². The van der Waals surface area contributed by atoms with Crippen LogP contribution >= 0.6 is 11.6 Å². The second kappa shape index (κ2) is 12.2. The molecule has 11 nitrogen and oxygen atoms in total. The summed E-state index contributed by atoms with van der Waals surface area (Å²) in [5.41, 5.74) is 1.17. The summed E-state index contributed by atoms with van der Waals surface area (Å²) < 4.78 is 21.2. The number of nitrogens with one attached hydrogen (secondary N) is 2. The lowest BCUT2D eigenvalue weighted by Crippen LogP contribution is -2.30. The van der Waals surface area contributed by atoms with Crippen molar-refractivity contribution in [2.45, 2.75) is 13.5 Å². The molecular formula is C27H24ClN3O8. The molecule has 3 aromatic rings. The lowest BCUT2D eigenvalue weighted by Gasteiger charge is -2.13. The number of urea groups is 1. The molecule has 0 radical (unpaired) electrons. The molecule has 4 rings (SSSR count). The molecule has 2 N–H and O–H groups in total. The minimum absolute atomic E-state index is 0.0384. The summed E-state index contributed by atoms with van der Waals surface area (Å²) in [5.74, 6) is -0.741. The summed E-state index contributed by atoms with van der Waals surface area (Å²) >= 11 is 5.86. The van der Waals surface area contributed by atoms with Crippen molar-refractivity contribution in [3.63, 3.8) is 0 Å². The Morgan fingerprint density at radius 2 is 1.82 bits per heavy atom. The van der Waals surface area contributed by atoms with E-state index in [0.29, 0.717) is 34.4 Å². The summed E-state index contributed by atoms with van der Waals surface area (Å²) in [6.45, 7) is 1.68. The number of nitrogens with zero attached hydrogens (tertiary/aromatic N) is 1. The molecule has 4 amide bonds. The van der Waals surface area contributed by atoms with Gasteiger partial charge >= 0.3 is 12.0 Å². The number of methoxy groups -OCH3 is 1. The first-order chi connectivity index (χ1) is 18.8. The molecule has 1 saturated heterocycles. The third-order valence-corrected chi connectivity index (χ3v) is 5.64. The number of carbonyl (C=O) groups is 4. The summed E-state index contributed by atoms with van der Waals surface area (Å²) in [5, 5.41) is 5.79. The van der Waals surface area contributed by atoms with Crippen LogP contribution < -0.4 is 20.1 Å². The molecule has 1 aliphatic rings. The van der Waals surface area contributed by atoms with Gasteiger partial charge in [-0.1, -0.05) is 17.7 Å². The highest BCUT2D eigenvalue weighted by molar-refractivity contribution is 6.30. The smallest absolute Gasteiger partial charge is 0.373 e. The number of ether oxygens (including phenoxy) is 3. The van der Waals surface area contributed by atoms with E-state index in [1.54, 1.807) is 49.4 Å². The Morgan fingerprint density at radius 1 is 1.05 bits per heavy atom. The molecule has 0 aliphatic carbocycles. The molecule has 0 bridgehead atoms. The number of amides is 4. The number of benzene rings is 2. The molecule has 202 valence electrons. The molecule has 1 aliphatic heterocycles. The van der Waals surface area contributed by atoms with Crippen LogP contribution in [-0.4, -0.2) is 49.0 Å². The van der Waals surface area contributed by atoms with Crippen LogP contribution in [0.2, 0.25) is 5.02 Å². The number of furan rings is 1. The molecule has 0 atom stereocenters. The van der Waals surface area contributed by atoms with Gasteiger partial charge in [0.1, 0.15) is 11.5 Å². The fourth-order valence-corrected chi connectivity index (χ4v) is 3.71. The van der Waals surface area contributed by atoms with Gasteiger partial charge in [0.2, 0.25) is 5.76 Å². The van der Waals surface area contributed by atoms with Crippen LogP contribution in [0, 0.1) is 0 Å². The summed E-state index contributed by atoms with van der Waals surface area (Å²) in [7, 11) is 1.22. The first-order valence-corrected chi connectivity index (χ1v) is 12.1. The second-order valence-corrected chi connectivity index (χ2v) is 8.56. The SMILES string of the molecule is CCOc1cc(/C=C2\NC(=O)N(Cc3ccc(C(=O)OC)o3)C2=O)ccc1OCC(=O)Nc1ccc(Cl)cc1. The predicted molar refractivity (Wildman–Crippen MR) is 140 cm³/mol. The Morgan fingerprint density at radius 3 is 2.54 bits per heavy atom. The largest absolute Gasteiger partial charge is 0.490 e. The Hall–Kier alpha value is -4.77. The molecule has 39 heavy (non-hydrogen) atoms. The highest BCUT2D eigenvalue weighted by atomic mass is 35.5. The van der Waals surface area contributed by atoms with Gasteiger partial charge in [-0.25, -0.2) is 9.59 Å². The van der Waals surface area contributed by atoms with Crippen LogP contribution in [-0.2, 0) is 20.9 Å². The standard InChI is InChI=1S/C27H24ClN3O8/c1-3-37-23-13-16(4-10-21(23)38-15-24(32)29-18-7-5-17(28)6-8-18)12-20-25(33)31(27(35)30-20)14-19-9-11-22(39-19)26(34)36-2/h4-13H,3,14-15H2,1-2H3,(H,29,32)(H,30,35)/b20-12-.